The van der Waals surface area contributed by atoms with Crippen molar-refractivity contribution >= 4 is 11.6 Å². The number of carbonyl (C=O) groups is 1. The molecule has 2 aliphatic rings. The monoisotopic (exact) mass is 366 g/mol. The zero-order valence-electron chi connectivity index (χ0n) is 15.2. The minimum atomic E-state index is -0.406. The van der Waals surface area contributed by atoms with Crippen molar-refractivity contribution in [1.29, 1.82) is 0 Å². The third-order valence-electron chi connectivity index (χ3n) is 5.07. The Morgan fingerprint density at radius 3 is 2.56 bits per heavy atom. The Morgan fingerprint density at radius 2 is 1.85 bits per heavy atom. The van der Waals surface area contributed by atoms with Gasteiger partial charge < -0.3 is 15.0 Å². The second kappa shape index (κ2) is 7.92. The van der Waals surface area contributed by atoms with Crippen molar-refractivity contribution in [3.05, 3.63) is 66.0 Å². The fourth-order valence-electron chi connectivity index (χ4n) is 3.58. The lowest BCUT2D eigenvalue weighted by atomic mass is 10.0. The summed E-state index contributed by atoms with van der Waals surface area (Å²) >= 11 is 0. The maximum absolute atomic E-state index is 14.1. The van der Waals surface area contributed by atoms with Crippen LogP contribution in [0.4, 0.5) is 10.1 Å². The quantitative estimate of drug-likeness (QED) is 0.838. The largest absolute Gasteiger partial charge is 0.378 e. The number of anilines is 1. The molecule has 0 radical (unpaired) electrons. The van der Waals surface area contributed by atoms with Gasteiger partial charge in [0.15, 0.2) is 0 Å². The molecule has 1 atom stereocenters. The van der Waals surface area contributed by atoms with Crippen molar-refractivity contribution in [3.8, 4) is 11.1 Å². The topological polar surface area (TPSA) is 41.6 Å². The van der Waals surface area contributed by atoms with Crippen LogP contribution >= 0.6 is 0 Å². The number of carbonyl (C=O) groups excluding carboxylic acids is 1. The third kappa shape index (κ3) is 4.19. The Bertz CT molecular complexity index is 842. The molecule has 1 aliphatic carbocycles. The van der Waals surface area contributed by atoms with Gasteiger partial charge in [0.25, 0.3) is 5.91 Å². The summed E-state index contributed by atoms with van der Waals surface area (Å²) in [5.41, 5.74) is 3.07. The highest BCUT2D eigenvalue weighted by Gasteiger charge is 2.16. The van der Waals surface area contributed by atoms with E-state index in [0.29, 0.717) is 11.1 Å². The summed E-state index contributed by atoms with van der Waals surface area (Å²) < 4.78 is 19.5. The van der Waals surface area contributed by atoms with Gasteiger partial charge in [-0.3, -0.25) is 4.79 Å². The number of nitrogens with zero attached hydrogens (tertiary/aromatic N) is 1. The molecule has 4 nitrogen and oxygen atoms in total. The Kier molecular flexibility index (Phi) is 5.21. The standard InChI is InChI=1S/C22H23FN2O2/c23-19-14-17(13-18(15-19)22(26)24-20-3-1-2-4-20)16-5-7-21(8-6-16)25-9-11-27-12-10-25/h1,3,5-8,13-15,20H,2,4,9-12H2,(H,24,26). The van der Waals surface area contributed by atoms with E-state index in [9.17, 15) is 9.18 Å². The molecule has 0 bridgehead atoms. The van der Waals surface area contributed by atoms with Crippen molar-refractivity contribution in [3.63, 3.8) is 0 Å². The average molecular weight is 366 g/mol. The first-order valence-electron chi connectivity index (χ1n) is 9.40. The Labute approximate surface area is 158 Å². The smallest absolute Gasteiger partial charge is 0.251 e. The number of halogens is 1. The molecule has 2 aromatic carbocycles. The normalized spacial score (nSPS) is 19.3. The average Bonchev–Trinajstić information content (AvgIpc) is 3.21. The number of nitrogens with one attached hydrogen (secondary N) is 1. The molecule has 140 valence electrons. The summed E-state index contributed by atoms with van der Waals surface area (Å²) in [6.07, 6.45) is 5.91. The van der Waals surface area contributed by atoms with E-state index in [2.05, 4.69) is 16.3 Å². The highest BCUT2D eigenvalue weighted by Crippen LogP contribution is 2.26. The van der Waals surface area contributed by atoms with E-state index in [0.717, 1.165) is 50.4 Å². The number of amides is 1. The van der Waals surface area contributed by atoms with Gasteiger partial charge >= 0.3 is 0 Å². The Morgan fingerprint density at radius 1 is 1.07 bits per heavy atom. The molecule has 0 aromatic heterocycles. The maximum atomic E-state index is 14.1. The van der Waals surface area contributed by atoms with E-state index in [-0.39, 0.29) is 11.9 Å². The molecule has 1 heterocycles. The third-order valence-corrected chi connectivity index (χ3v) is 5.07. The van der Waals surface area contributed by atoms with Crippen LogP contribution in [0.2, 0.25) is 0 Å². The molecule has 1 unspecified atom stereocenters. The van der Waals surface area contributed by atoms with E-state index >= 15 is 0 Å². The fraction of sp³-hybridized carbons (Fsp3) is 0.318. The summed E-state index contributed by atoms with van der Waals surface area (Å²) in [7, 11) is 0. The van der Waals surface area contributed by atoms with Crippen LogP contribution in [0.5, 0.6) is 0 Å². The van der Waals surface area contributed by atoms with Crippen LogP contribution < -0.4 is 10.2 Å². The predicted molar refractivity (Wildman–Crippen MR) is 104 cm³/mol. The van der Waals surface area contributed by atoms with E-state index < -0.39 is 5.82 Å². The minimum Gasteiger partial charge on any atom is -0.378 e. The van der Waals surface area contributed by atoms with Crippen molar-refractivity contribution < 1.29 is 13.9 Å². The van der Waals surface area contributed by atoms with Crippen LogP contribution in [0.15, 0.2) is 54.6 Å². The van der Waals surface area contributed by atoms with Gasteiger partial charge in [-0.25, -0.2) is 4.39 Å². The lowest BCUT2D eigenvalue weighted by Crippen LogP contribution is -2.36. The molecule has 4 rings (SSSR count). The van der Waals surface area contributed by atoms with Crippen LogP contribution in [0, 0.1) is 5.82 Å². The summed E-state index contributed by atoms with van der Waals surface area (Å²) in [4.78, 5) is 14.7. The summed E-state index contributed by atoms with van der Waals surface area (Å²) in [6.45, 7) is 3.22. The van der Waals surface area contributed by atoms with Crippen molar-refractivity contribution in [2.75, 3.05) is 31.2 Å². The number of hydrogen-bond donors (Lipinski definition) is 1. The van der Waals surface area contributed by atoms with Gasteiger partial charge in [-0.1, -0.05) is 24.3 Å². The highest BCUT2D eigenvalue weighted by molar-refractivity contribution is 5.95. The minimum absolute atomic E-state index is 0.0389. The van der Waals surface area contributed by atoms with Crippen molar-refractivity contribution in [1.82, 2.24) is 5.32 Å². The van der Waals surface area contributed by atoms with Gasteiger partial charge in [0.05, 0.1) is 13.2 Å². The van der Waals surface area contributed by atoms with Gasteiger partial charge in [-0.15, -0.1) is 0 Å². The zero-order chi connectivity index (χ0) is 18.6. The molecule has 1 saturated heterocycles. The van der Waals surface area contributed by atoms with Gasteiger partial charge in [0.1, 0.15) is 5.82 Å². The molecule has 1 fully saturated rings. The fourth-order valence-corrected chi connectivity index (χ4v) is 3.58. The number of hydrogen-bond acceptors (Lipinski definition) is 3. The zero-order valence-corrected chi connectivity index (χ0v) is 15.2. The molecule has 1 amide bonds. The number of morpholine rings is 1. The molecule has 1 N–H and O–H groups in total. The van der Waals surface area contributed by atoms with Gasteiger partial charge in [0.2, 0.25) is 0 Å². The predicted octanol–water partition coefficient (Wildman–Crippen LogP) is 3.78. The summed E-state index contributed by atoms with van der Waals surface area (Å²) in [5.74, 6) is -0.644. The van der Waals surface area contributed by atoms with Crippen LogP contribution in [-0.4, -0.2) is 38.3 Å². The van der Waals surface area contributed by atoms with Crippen molar-refractivity contribution in [2.45, 2.75) is 18.9 Å². The lowest BCUT2D eigenvalue weighted by Gasteiger charge is -2.28. The summed E-state index contributed by atoms with van der Waals surface area (Å²) in [6, 6.07) is 12.6. The first kappa shape index (κ1) is 17.7. The van der Waals surface area contributed by atoms with Crippen molar-refractivity contribution in [2.24, 2.45) is 0 Å². The molecular weight excluding hydrogens is 343 g/mol. The van der Waals surface area contributed by atoms with Gasteiger partial charge in [-0.05, 0) is 54.3 Å². The van der Waals surface area contributed by atoms with Gasteiger partial charge in [0, 0.05) is 30.4 Å². The molecular formula is C22H23FN2O2. The van der Waals surface area contributed by atoms with Crippen LogP contribution in [0.25, 0.3) is 11.1 Å². The number of allylic oxidation sites excluding steroid dienone is 1. The SMILES string of the molecule is O=C(NC1C=CCC1)c1cc(F)cc(-c2ccc(N3CCOCC3)cc2)c1. The second-order valence-electron chi connectivity index (χ2n) is 6.96. The molecule has 0 spiro atoms. The first-order valence-corrected chi connectivity index (χ1v) is 9.40. The Hall–Kier alpha value is -2.66. The summed E-state index contributed by atoms with van der Waals surface area (Å²) in [5, 5.41) is 2.94. The van der Waals surface area contributed by atoms with Crippen LogP contribution in [0.1, 0.15) is 23.2 Å². The van der Waals surface area contributed by atoms with E-state index in [4.69, 9.17) is 4.74 Å². The number of rotatable bonds is 4. The highest BCUT2D eigenvalue weighted by atomic mass is 19.1. The molecule has 0 saturated carbocycles. The molecule has 27 heavy (non-hydrogen) atoms. The van der Waals surface area contributed by atoms with Crippen LogP contribution in [0.3, 0.4) is 0 Å². The van der Waals surface area contributed by atoms with E-state index in [1.807, 2.05) is 30.3 Å². The molecule has 1 aliphatic heterocycles. The Balaban J connectivity index is 1.53. The molecule has 2 aromatic rings. The lowest BCUT2D eigenvalue weighted by molar-refractivity contribution is 0.0944. The van der Waals surface area contributed by atoms with Crippen LogP contribution in [-0.2, 0) is 4.74 Å². The number of ether oxygens (including phenoxy) is 1. The second-order valence-corrected chi connectivity index (χ2v) is 6.96. The van der Waals surface area contributed by atoms with Gasteiger partial charge in [-0.2, -0.15) is 0 Å². The number of benzene rings is 2. The maximum Gasteiger partial charge on any atom is 0.251 e. The van der Waals surface area contributed by atoms with E-state index in [1.165, 1.54) is 12.1 Å². The molecule has 5 heteroatoms. The first-order chi connectivity index (χ1) is 13.2. The van der Waals surface area contributed by atoms with E-state index in [1.54, 1.807) is 6.07 Å².